The molecule has 1 saturated heterocycles. The second-order valence-corrected chi connectivity index (χ2v) is 10.7. The summed E-state index contributed by atoms with van der Waals surface area (Å²) in [6, 6.07) is 44.7. The van der Waals surface area contributed by atoms with E-state index in [1.54, 1.807) is 4.90 Å². The summed E-state index contributed by atoms with van der Waals surface area (Å²) in [5.41, 5.74) is 4.39. The molecule has 1 heterocycles. The molecule has 0 aliphatic carbocycles. The van der Waals surface area contributed by atoms with Crippen LogP contribution in [0.25, 0.3) is 0 Å². The van der Waals surface area contributed by atoms with Crippen LogP contribution in [0.5, 0.6) is 5.75 Å². The Hall–Kier alpha value is -5.36. The van der Waals surface area contributed by atoms with Crippen molar-refractivity contribution < 1.29 is 23.8 Å². The van der Waals surface area contributed by atoms with Gasteiger partial charge >= 0.3 is 12.1 Å². The maximum absolute atomic E-state index is 14.1. The normalized spacial score (nSPS) is 17.9. The summed E-state index contributed by atoms with van der Waals surface area (Å²) in [7, 11) is 0. The van der Waals surface area contributed by atoms with Gasteiger partial charge in [-0.1, -0.05) is 133 Å². The average Bonchev–Trinajstić information content (AvgIpc) is 3.09. The van der Waals surface area contributed by atoms with Gasteiger partial charge in [0.15, 0.2) is 6.10 Å². The number of nitrogens with zero attached hydrogens (tertiary/aromatic N) is 1. The Balaban J connectivity index is 1.33. The Morgan fingerprint density at radius 1 is 0.636 bits per heavy atom. The van der Waals surface area contributed by atoms with E-state index in [9.17, 15) is 9.59 Å². The highest BCUT2D eigenvalue weighted by atomic mass is 16.6. The van der Waals surface area contributed by atoms with Crippen LogP contribution < -0.4 is 4.74 Å². The van der Waals surface area contributed by atoms with Crippen LogP contribution in [0, 0.1) is 0 Å². The third-order valence-corrected chi connectivity index (χ3v) is 7.70. The average molecular weight is 584 g/mol. The summed E-state index contributed by atoms with van der Waals surface area (Å²) in [6.45, 7) is 0.501. The molecule has 1 amide bonds. The standard InChI is InChI=1S/C38H33NO5/c40-37-34(25-30-18-13-23-33(24-30)42-26-28-14-5-1-6-15-28)39(38(41)43-27-29-16-7-2-8-17-29)35(31-19-9-3-10-20-31)36(44-37)32-21-11-4-12-22-32/h1-24,34-36H,25-27H2/t34-,35-,36+/m0/s1. The molecule has 6 rings (SSSR count). The van der Waals surface area contributed by atoms with Crippen molar-refractivity contribution in [3.8, 4) is 5.75 Å². The maximum Gasteiger partial charge on any atom is 0.411 e. The Morgan fingerprint density at radius 3 is 1.82 bits per heavy atom. The van der Waals surface area contributed by atoms with Crippen molar-refractivity contribution in [2.75, 3.05) is 0 Å². The fourth-order valence-electron chi connectivity index (χ4n) is 5.54. The van der Waals surface area contributed by atoms with Gasteiger partial charge < -0.3 is 14.2 Å². The molecule has 0 saturated carbocycles. The van der Waals surface area contributed by atoms with E-state index in [2.05, 4.69) is 0 Å². The first-order valence-corrected chi connectivity index (χ1v) is 14.7. The van der Waals surface area contributed by atoms with E-state index >= 15 is 0 Å². The number of morpholine rings is 1. The lowest BCUT2D eigenvalue weighted by Gasteiger charge is -2.44. The van der Waals surface area contributed by atoms with Crippen LogP contribution in [0.3, 0.4) is 0 Å². The Labute approximate surface area is 257 Å². The van der Waals surface area contributed by atoms with Gasteiger partial charge in [0, 0.05) is 6.42 Å². The number of amides is 1. The van der Waals surface area contributed by atoms with Crippen LogP contribution >= 0.6 is 0 Å². The summed E-state index contributed by atoms with van der Waals surface area (Å²) in [6.07, 6.45) is -1.07. The quantitative estimate of drug-likeness (QED) is 0.165. The number of carbonyl (C=O) groups is 2. The van der Waals surface area contributed by atoms with Gasteiger partial charge in [0.05, 0.1) is 0 Å². The van der Waals surface area contributed by atoms with Crippen molar-refractivity contribution in [3.63, 3.8) is 0 Å². The van der Waals surface area contributed by atoms with E-state index in [1.807, 2.05) is 146 Å². The second kappa shape index (κ2) is 13.7. The number of cyclic esters (lactones) is 1. The molecule has 0 aromatic heterocycles. The molecule has 0 N–H and O–H groups in total. The van der Waals surface area contributed by atoms with Gasteiger partial charge in [-0.05, 0) is 39.9 Å². The lowest BCUT2D eigenvalue weighted by atomic mass is 9.90. The molecule has 6 nitrogen and oxygen atoms in total. The van der Waals surface area contributed by atoms with Gasteiger partial charge in [0.1, 0.15) is 31.0 Å². The number of esters is 1. The van der Waals surface area contributed by atoms with E-state index in [4.69, 9.17) is 14.2 Å². The fourth-order valence-corrected chi connectivity index (χ4v) is 5.54. The molecule has 1 aliphatic rings. The minimum Gasteiger partial charge on any atom is -0.489 e. The third-order valence-electron chi connectivity index (χ3n) is 7.70. The van der Waals surface area contributed by atoms with Crippen LogP contribution in [-0.4, -0.2) is 23.0 Å². The molecule has 1 aliphatic heterocycles. The SMILES string of the molecule is O=C1O[C@H](c2ccccc2)[C@H](c2ccccc2)N(C(=O)OCc2ccccc2)[C@H]1Cc1cccc(OCc2ccccc2)c1. The van der Waals surface area contributed by atoms with Gasteiger partial charge in [0.2, 0.25) is 0 Å². The summed E-state index contributed by atoms with van der Waals surface area (Å²) < 4.78 is 18.1. The first kappa shape index (κ1) is 28.7. The summed E-state index contributed by atoms with van der Waals surface area (Å²) in [5, 5.41) is 0. The van der Waals surface area contributed by atoms with Crippen LogP contribution in [-0.2, 0) is 33.9 Å². The van der Waals surface area contributed by atoms with Crippen molar-refractivity contribution in [1.29, 1.82) is 0 Å². The fraction of sp³-hybridized carbons (Fsp3) is 0.158. The number of ether oxygens (including phenoxy) is 3. The predicted molar refractivity (Wildman–Crippen MR) is 168 cm³/mol. The van der Waals surface area contributed by atoms with E-state index < -0.39 is 30.3 Å². The van der Waals surface area contributed by atoms with Crippen LogP contribution in [0.15, 0.2) is 146 Å². The predicted octanol–water partition coefficient (Wildman–Crippen LogP) is 7.85. The van der Waals surface area contributed by atoms with Gasteiger partial charge in [0.25, 0.3) is 0 Å². The molecular formula is C38H33NO5. The summed E-state index contributed by atoms with van der Waals surface area (Å²) in [5.74, 6) is 0.189. The number of hydrogen-bond donors (Lipinski definition) is 0. The van der Waals surface area contributed by atoms with Crippen molar-refractivity contribution >= 4 is 12.1 Å². The molecule has 6 heteroatoms. The minimum absolute atomic E-state index is 0.0816. The van der Waals surface area contributed by atoms with Crippen molar-refractivity contribution in [2.45, 2.75) is 37.8 Å². The van der Waals surface area contributed by atoms with Crippen LogP contribution in [0.4, 0.5) is 4.79 Å². The van der Waals surface area contributed by atoms with E-state index in [1.165, 1.54) is 0 Å². The topological polar surface area (TPSA) is 65.1 Å². The van der Waals surface area contributed by atoms with E-state index in [0.717, 1.165) is 27.8 Å². The molecule has 220 valence electrons. The molecule has 0 radical (unpaired) electrons. The molecule has 44 heavy (non-hydrogen) atoms. The number of carbonyl (C=O) groups excluding carboxylic acids is 2. The molecular weight excluding hydrogens is 550 g/mol. The Kier molecular flexibility index (Phi) is 8.98. The van der Waals surface area contributed by atoms with Crippen molar-refractivity contribution in [3.05, 3.63) is 173 Å². The first-order valence-electron chi connectivity index (χ1n) is 14.7. The molecule has 0 spiro atoms. The van der Waals surface area contributed by atoms with Gasteiger partial charge in [-0.2, -0.15) is 0 Å². The highest BCUT2D eigenvalue weighted by Crippen LogP contribution is 2.43. The van der Waals surface area contributed by atoms with Gasteiger partial charge in [-0.3, -0.25) is 4.90 Å². The maximum atomic E-state index is 14.1. The van der Waals surface area contributed by atoms with Gasteiger partial charge in [-0.15, -0.1) is 0 Å². The third kappa shape index (κ3) is 6.81. The number of hydrogen-bond acceptors (Lipinski definition) is 5. The monoisotopic (exact) mass is 583 g/mol. The summed E-state index contributed by atoms with van der Waals surface area (Å²) >= 11 is 0. The Bertz CT molecular complexity index is 1660. The first-order chi connectivity index (χ1) is 21.7. The molecule has 0 unspecified atom stereocenters. The smallest absolute Gasteiger partial charge is 0.411 e. The highest BCUT2D eigenvalue weighted by molar-refractivity contribution is 5.84. The van der Waals surface area contributed by atoms with E-state index in [-0.39, 0.29) is 13.0 Å². The minimum atomic E-state index is -0.923. The lowest BCUT2D eigenvalue weighted by Crippen LogP contribution is -2.55. The second-order valence-electron chi connectivity index (χ2n) is 10.7. The largest absolute Gasteiger partial charge is 0.489 e. The zero-order valence-corrected chi connectivity index (χ0v) is 24.2. The number of benzene rings is 5. The molecule has 1 fully saturated rings. The molecule has 5 aromatic carbocycles. The van der Waals surface area contributed by atoms with Crippen LogP contribution in [0.1, 0.15) is 40.0 Å². The Morgan fingerprint density at radius 2 is 1.18 bits per heavy atom. The van der Waals surface area contributed by atoms with E-state index in [0.29, 0.717) is 12.4 Å². The molecule has 0 bridgehead atoms. The van der Waals surface area contributed by atoms with Crippen molar-refractivity contribution in [1.82, 2.24) is 4.90 Å². The van der Waals surface area contributed by atoms with Crippen molar-refractivity contribution in [2.24, 2.45) is 0 Å². The zero-order valence-electron chi connectivity index (χ0n) is 24.2. The zero-order chi connectivity index (χ0) is 30.1. The van der Waals surface area contributed by atoms with Gasteiger partial charge in [-0.25, -0.2) is 9.59 Å². The molecule has 5 aromatic rings. The summed E-state index contributed by atoms with van der Waals surface area (Å²) in [4.78, 5) is 29.5. The molecule has 3 atom stereocenters. The van der Waals surface area contributed by atoms with Crippen LogP contribution in [0.2, 0.25) is 0 Å². The lowest BCUT2D eigenvalue weighted by molar-refractivity contribution is -0.173. The number of rotatable bonds is 9. The highest BCUT2D eigenvalue weighted by Gasteiger charge is 2.48.